The van der Waals surface area contributed by atoms with Crippen molar-refractivity contribution < 1.29 is 4.74 Å². The average Bonchev–Trinajstić information content (AvgIpc) is 2.42. The molecule has 2 rings (SSSR count). The molecular weight excluding hydrogens is 224 g/mol. The normalized spacial score (nSPS) is 14.1. The third-order valence-electron chi connectivity index (χ3n) is 2.97. The highest BCUT2D eigenvalue weighted by atomic mass is 16.5. The van der Waals surface area contributed by atoms with E-state index in [2.05, 4.69) is 4.98 Å². The van der Waals surface area contributed by atoms with Gasteiger partial charge in [0.2, 0.25) is 0 Å². The summed E-state index contributed by atoms with van der Waals surface area (Å²) in [5, 5.41) is 0. The lowest BCUT2D eigenvalue weighted by Crippen LogP contribution is -2.31. The molecule has 0 saturated heterocycles. The zero-order valence-corrected chi connectivity index (χ0v) is 10.5. The molecule has 0 spiro atoms. The fourth-order valence-corrected chi connectivity index (χ4v) is 2.10. The van der Waals surface area contributed by atoms with Crippen molar-refractivity contribution in [2.45, 2.75) is 18.6 Å². The van der Waals surface area contributed by atoms with Crippen LogP contribution >= 0.6 is 0 Å². The number of pyridine rings is 1. The van der Waals surface area contributed by atoms with Gasteiger partial charge in [-0.2, -0.15) is 0 Å². The van der Waals surface area contributed by atoms with E-state index in [1.165, 1.54) is 0 Å². The van der Waals surface area contributed by atoms with Gasteiger partial charge >= 0.3 is 0 Å². The second kappa shape index (κ2) is 6.28. The van der Waals surface area contributed by atoms with Gasteiger partial charge in [-0.3, -0.25) is 4.98 Å². The highest BCUT2D eigenvalue weighted by Crippen LogP contribution is 2.21. The topological polar surface area (TPSA) is 48.1 Å². The summed E-state index contributed by atoms with van der Waals surface area (Å²) in [6.07, 6.45) is 4.27. The molecule has 0 aliphatic heterocycles. The fraction of sp³-hybridized carbons (Fsp3) is 0.267. The first-order valence-corrected chi connectivity index (χ1v) is 6.03. The average molecular weight is 242 g/mol. The van der Waals surface area contributed by atoms with E-state index < -0.39 is 0 Å². The van der Waals surface area contributed by atoms with E-state index in [1.807, 2.05) is 48.7 Å². The lowest BCUT2D eigenvalue weighted by Gasteiger charge is -2.23. The first kappa shape index (κ1) is 12.7. The molecule has 2 aromatic rings. The van der Waals surface area contributed by atoms with E-state index in [-0.39, 0.29) is 12.1 Å². The summed E-state index contributed by atoms with van der Waals surface area (Å²) in [6.45, 7) is 0. The van der Waals surface area contributed by atoms with Crippen LogP contribution in [0.2, 0.25) is 0 Å². The third kappa shape index (κ3) is 3.15. The van der Waals surface area contributed by atoms with Crippen LogP contribution in [0, 0.1) is 0 Å². The van der Waals surface area contributed by atoms with Crippen molar-refractivity contribution >= 4 is 0 Å². The Hall–Kier alpha value is -1.71. The lowest BCUT2D eigenvalue weighted by molar-refractivity contribution is 0.0802. The molecule has 0 fully saturated rings. The number of hydrogen-bond donors (Lipinski definition) is 1. The van der Waals surface area contributed by atoms with Crippen molar-refractivity contribution in [3.05, 3.63) is 66.0 Å². The number of ether oxygens (including phenoxy) is 1. The maximum Gasteiger partial charge on any atom is 0.0975 e. The van der Waals surface area contributed by atoms with E-state index in [4.69, 9.17) is 10.5 Å². The lowest BCUT2D eigenvalue weighted by atomic mass is 9.97. The number of aromatic nitrogens is 1. The van der Waals surface area contributed by atoms with Crippen molar-refractivity contribution in [1.29, 1.82) is 0 Å². The molecule has 3 heteroatoms. The molecule has 0 radical (unpaired) electrons. The molecule has 2 unspecified atom stereocenters. The maximum atomic E-state index is 6.24. The summed E-state index contributed by atoms with van der Waals surface area (Å²) < 4.78 is 5.52. The molecule has 1 heterocycles. The molecule has 0 saturated carbocycles. The number of benzene rings is 1. The molecule has 18 heavy (non-hydrogen) atoms. The van der Waals surface area contributed by atoms with Crippen LogP contribution in [0.15, 0.2) is 54.9 Å². The summed E-state index contributed by atoms with van der Waals surface area (Å²) in [6, 6.07) is 13.9. The summed E-state index contributed by atoms with van der Waals surface area (Å²) >= 11 is 0. The predicted molar refractivity (Wildman–Crippen MR) is 72.1 cm³/mol. The summed E-state index contributed by atoms with van der Waals surface area (Å²) in [4.78, 5) is 4.10. The Morgan fingerprint density at radius 2 is 1.94 bits per heavy atom. The summed E-state index contributed by atoms with van der Waals surface area (Å²) in [5.74, 6) is 0. The second-order valence-electron chi connectivity index (χ2n) is 4.30. The molecule has 94 valence electrons. The summed E-state index contributed by atoms with van der Waals surface area (Å²) in [7, 11) is 1.70. The van der Waals surface area contributed by atoms with E-state index in [0.29, 0.717) is 0 Å². The molecular formula is C15H18N2O. The SMILES string of the molecule is COC(c1ccccc1)C(N)Cc1cccnc1. The minimum Gasteiger partial charge on any atom is -0.375 e. The first-order valence-electron chi connectivity index (χ1n) is 6.03. The van der Waals surface area contributed by atoms with Crippen LogP contribution in [-0.4, -0.2) is 18.1 Å². The zero-order valence-electron chi connectivity index (χ0n) is 10.5. The molecule has 0 bridgehead atoms. The fourth-order valence-electron chi connectivity index (χ4n) is 2.10. The molecule has 0 aliphatic rings. The predicted octanol–water partition coefficient (Wildman–Crippen LogP) is 2.34. The van der Waals surface area contributed by atoms with Crippen molar-refractivity contribution in [2.75, 3.05) is 7.11 Å². The second-order valence-corrected chi connectivity index (χ2v) is 4.30. The molecule has 1 aromatic carbocycles. The van der Waals surface area contributed by atoms with Gasteiger partial charge in [0.25, 0.3) is 0 Å². The van der Waals surface area contributed by atoms with E-state index in [1.54, 1.807) is 13.3 Å². The van der Waals surface area contributed by atoms with Gasteiger partial charge in [0.15, 0.2) is 0 Å². The van der Waals surface area contributed by atoms with Gasteiger partial charge in [-0.1, -0.05) is 36.4 Å². The number of methoxy groups -OCH3 is 1. The van der Waals surface area contributed by atoms with E-state index in [9.17, 15) is 0 Å². The van der Waals surface area contributed by atoms with E-state index >= 15 is 0 Å². The first-order chi connectivity index (χ1) is 8.81. The van der Waals surface area contributed by atoms with Gasteiger partial charge in [-0.25, -0.2) is 0 Å². The van der Waals surface area contributed by atoms with Gasteiger partial charge in [0.05, 0.1) is 6.10 Å². The summed E-state index contributed by atoms with van der Waals surface area (Å²) in [5.41, 5.74) is 8.48. The van der Waals surface area contributed by atoms with Crippen molar-refractivity contribution in [2.24, 2.45) is 5.73 Å². The number of hydrogen-bond acceptors (Lipinski definition) is 3. The van der Waals surface area contributed by atoms with Crippen LogP contribution < -0.4 is 5.73 Å². The van der Waals surface area contributed by atoms with Crippen LogP contribution in [0.5, 0.6) is 0 Å². The molecule has 2 N–H and O–H groups in total. The van der Waals surface area contributed by atoms with Crippen molar-refractivity contribution in [1.82, 2.24) is 4.98 Å². The monoisotopic (exact) mass is 242 g/mol. The molecule has 3 nitrogen and oxygen atoms in total. The maximum absolute atomic E-state index is 6.24. The number of rotatable bonds is 5. The van der Waals surface area contributed by atoms with Gasteiger partial charge < -0.3 is 10.5 Å². The van der Waals surface area contributed by atoms with Crippen LogP contribution in [0.25, 0.3) is 0 Å². The highest BCUT2D eigenvalue weighted by molar-refractivity contribution is 5.20. The van der Waals surface area contributed by atoms with Crippen LogP contribution in [0.1, 0.15) is 17.2 Å². The largest absolute Gasteiger partial charge is 0.375 e. The van der Waals surface area contributed by atoms with Crippen LogP contribution in [0.4, 0.5) is 0 Å². The smallest absolute Gasteiger partial charge is 0.0975 e. The Labute approximate surface area is 108 Å². The number of nitrogens with zero attached hydrogens (tertiary/aromatic N) is 1. The zero-order chi connectivity index (χ0) is 12.8. The Bertz CT molecular complexity index is 458. The molecule has 0 aliphatic carbocycles. The standard InChI is InChI=1S/C15H18N2O/c1-18-15(13-7-3-2-4-8-13)14(16)10-12-6-5-9-17-11-12/h2-9,11,14-15H,10,16H2,1H3. The quantitative estimate of drug-likeness (QED) is 0.875. The van der Waals surface area contributed by atoms with Gasteiger partial charge in [-0.15, -0.1) is 0 Å². The third-order valence-corrected chi connectivity index (χ3v) is 2.97. The molecule has 1 aromatic heterocycles. The van der Waals surface area contributed by atoms with Crippen molar-refractivity contribution in [3.63, 3.8) is 0 Å². The highest BCUT2D eigenvalue weighted by Gasteiger charge is 2.19. The molecule has 0 amide bonds. The van der Waals surface area contributed by atoms with Crippen LogP contribution in [0.3, 0.4) is 0 Å². The Kier molecular flexibility index (Phi) is 4.45. The van der Waals surface area contributed by atoms with E-state index in [0.717, 1.165) is 17.5 Å². The Morgan fingerprint density at radius 3 is 2.56 bits per heavy atom. The Morgan fingerprint density at radius 1 is 1.17 bits per heavy atom. The van der Waals surface area contributed by atoms with Crippen LogP contribution in [-0.2, 0) is 11.2 Å². The van der Waals surface area contributed by atoms with Gasteiger partial charge in [0, 0.05) is 25.5 Å². The number of nitrogens with two attached hydrogens (primary N) is 1. The minimum atomic E-state index is -0.0913. The molecule has 2 atom stereocenters. The van der Waals surface area contributed by atoms with Gasteiger partial charge in [-0.05, 0) is 23.6 Å². The van der Waals surface area contributed by atoms with Gasteiger partial charge in [0.1, 0.15) is 0 Å². The Balaban J connectivity index is 2.09. The minimum absolute atomic E-state index is 0.0819. The van der Waals surface area contributed by atoms with Crippen molar-refractivity contribution in [3.8, 4) is 0 Å².